The maximum Gasteiger partial charge on any atom is 0.258 e. The first-order valence-electron chi connectivity index (χ1n) is 9.59. The highest BCUT2D eigenvalue weighted by Gasteiger charge is 2.36. The molecular formula is C21H29F2NO3S2. The molecule has 1 N–H and O–H groups in total. The van der Waals surface area contributed by atoms with Crippen molar-refractivity contribution in [1.29, 1.82) is 0 Å². The maximum absolute atomic E-state index is 14.3. The van der Waals surface area contributed by atoms with E-state index in [4.69, 9.17) is 0 Å². The number of thioether (sulfide) groups is 1. The van der Waals surface area contributed by atoms with Crippen molar-refractivity contribution < 1.29 is 22.9 Å². The van der Waals surface area contributed by atoms with Crippen molar-refractivity contribution in [2.75, 3.05) is 0 Å². The molecule has 1 aliphatic rings. The number of hydrogen-bond acceptors (Lipinski definition) is 4. The maximum atomic E-state index is 14.3. The van der Waals surface area contributed by atoms with E-state index in [1.54, 1.807) is 0 Å². The summed E-state index contributed by atoms with van der Waals surface area (Å²) in [5.41, 5.74) is 0.894. The summed E-state index contributed by atoms with van der Waals surface area (Å²) in [6, 6.07) is 2.84. The summed E-state index contributed by atoms with van der Waals surface area (Å²) in [5, 5.41) is 10.0. The van der Waals surface area contributed by atoms with E-state index >= 15 is 0 Å². The fourth-order valence-electron chi connectivity index (χ4n) is 3.24. The van der Waals surface area contributed by atoms with Gasteiger partial charge in [-0.3, -0.25) is 9.00 Å². The van der Waals surface area contributed by atoms with Crippen LogP contribution in [0, 0.1) is 5.82 Å². The number of hydrogen-bond donors (Lipinski definition) is 2. The monoisotopic (exact) mass is 445 g/mol. The van der Waals surface area contributed by atoms with Gasteiger partial charge in [0.2, 0.25) is 0 Å². The van der Waals surface area contributed by atoms with Crippen LogP contribution < -0.4 is 0 Å². The van der Waals surface area contributed by atoms with Crippen LogP contribution >= 0.6 is 11.8 Å². The molecule has 0 radical (unpaired) electrons. The number of thiol groups is 1. The molecule has 0 aliphatic carbocycles. The first-order chi connectivity index (χ1) is 13.3. The van der Waals surface area contributed by atoms with Crippen LogP contribution in [0.4, 0.5) is 8.78 Å². The Morgan fingerprint density at radius 1 is 1.24 bits per heavy atom. The summed E-state index contributed by atoms with van der Waals surface area (Å²) in [4.78, 5) is 12.9. The Morgan fingerprint density at radius 3 is 2.17 bits per heavy atom. The summed E-state index contributed by atoms with van der Waals surface area (Å²) >= 11 is 0.957. The molecule has 2 rings (SSSR count). The number of carbonyl (C=O) groups is 1. The third-order valence-corrected chi connectivity index (χ3v) is 8.11. The SMILES string of the molecule is CC(C)c1cc(F)cc(C(C)C)c1CC(=O)N=[S@@H](=O)C1SC(C(C)(C)O)=CC1F. The molecule has 4 nitrogen and oxygen atoms in total. The van der Waals surface area contributed by atoms with Crippen LogP contribution in [-0.4, -0.2) is 31.6 Å². The molecule has 2 unspecified atom stereocenters. The molecule has 3 atom stereocenters. The lowest BCUT2D eigenvalue weighted by atomic mass is 9.87. The van der Waals surface area contributed by atoms with Crippen molar-refractivity contribution in [3.8, 4) is 0 Å². The van der Waals surface area contributed by atoms with Crippen LogP contribution in [0.2, 0.25) is 0 Å². The van der Waals surface area contributed by atoms with Crippen molar-refractivity contribution in [2.24, 2.45) is 4.36 Å². The van der Waals surface area contributed by atoms with Crippen molar-refractivity contribution in [1.82, 2.24) is 0 Å². The average Bonchev–Trinajstić information content (AvgIpc) is 2.97. The van der Waals surface area contributed by atoms with E-state index in [0.29, 0.717) is 10.5 Å². The lowest BCUT2D eigenvalue weighted by Crippen LogP contribution is -2.19. The zero-order valence-electron chi connectivity index (χ0n) is 17.6. The van der Waals surface area contributed by atoms with Crippen molar-refractivity contribution in [2.45, 2.75) is 76.2 Å². The number of amides is 1. The average molecular weight is 446 g/mol. The molecule has 8 heteroatoms. The van der Waals surface area contributed by atoms with Gasteiger partial charge in [0.1, 0.15) is 16.6 Å². The second-order valence-corrected chi connectivity index (χ2v) is 11.3. The molecule has 0 aromatic heterocycles. The Bertz CT molecular complexity index is 869. The highest BCUT2D eigenvalue weighted by molar-refractivity contribution is 8.12. The molecule has 1 heterocycles. The Labute approximate surface area is 177 Å². The van der Waals surface area contributed by atoms with Crippen molar-refractivity contribution in [3.05, 3.63) is 45.6 Å². The number of nitrogens with zero attached hydrogens (tertiary/aromatic N) is 1. The van der Waals surface area contributed by atoms with E-state index in [1.807, 2.05) is 27.7 Å². The minimum Gasteiger partial charge on any atom is -0.385 e. The third-order valence-electron chi connectivity index (χ3n) is 4.72. The summed E-state index contributed by atoms with van der Waals surface area (Å²) in [7, 11) is -2.51. The summed E-state index contributed by atoms with van der Waals surface area (Å²) < 4.78 is 43.6. The van der Waals surface area contributed by atoms with E-state index in [2.05, 4.69) is 4.36 Å². The van der Waals surface area contributed by atoms with Crippen LogP contribution in [0.25, 0.3) is 0 Å². The van der Waals surface area contributed by atoms with Gasteiger partial charge in [0, 0.05) is 4.91 Å². The van der Waals surface area contributed by atoms with Crippen molar-refractivity contribution in [3.63, 3.8) is 0 Å². The number of carbonyl (C=O) groups excluding carboxylic acids is 1. The van der Waals surface area contributed by atoms with Gasteiger partial charge in [-0.25, -0.2) is 8.78 Å². The third kappa shape index (κ3) is 5.89. The molecule has 0 fully saturated rings. The summed E-state index contributed by atoms with van der Waals surface area (Å²) in [6.45, 7) is 10.7. The second-order valence-electron chi connectivity index (χ2n) is 8.39. The lowest BCUT2D eigenvalue weighted by molar-refractivity contribution is -0.117. The molecule has 0 saturated carbocycles. The molecular weight excluding hydrogens is 416 g/mol. The van der Waals surface area contributed by atoms with Gasteiger partial charge in [0.15, 0.2) is 0 Å². The van der Waals surface area contributed by atoms with Gasteiger partial charge >= 0.3 is 0 Å². The minimum atomic E-state index is -2.51. The number of rotatable bonds is 6. The molecule has 29 heavy (non-hydrogen) atoms. The van der Waals surface area contributed by atoms with Gasteiger partial charge in [0.05, 0.1) is 22.6 Å². The van der Waals surface area contributed by atoms with Crippen LogP contribution in [-0.2, 0) is 21.8 Å². The topological polar surface area (TPSA) is 66.7 Å². The zero-order chi connectivity index (χ0) is 22.1. The van der Waals surface area contributed by atoms with Gasteiger partial charge in [-0.15, -0.1) is 11.8 Å². The zero-order valence-corrected chi connectivity index (χ0v) is 19.3. The van der Waals surface area contributed by atoms with Gasteiger partial charge in [-0.2, -0.15) is 4.36 Å². The minimum absolute atomic E-state index is 0.00100. The van der Waals surface area contributed by atoms with Crippen molar-refractivity contribution >= 4 is 28.3 Å². The molecule has 1 amide bonds. The largest absolute Gasteiger partial charge is 0.385 e. The normalized spacial score (nSPS) is 21.1. The van der Waals surface area contributed by atoms with E-state index in [9.17, 15) is 22.9 Å². The first kappa shape index (κ1) is 24.0. The van der Waals surface area contributed by atoms with Gasteiger partial charge in [-0.1, -0.05) is 27.7 Å². The Hall–Kier alpha value is -1.25. The molecule has 0 saturated heterocycles. The number of halogens is 2. The highest BCUT2D eigenvalue weighted by atomic mass is 32.2. The standard InChI is InChI=1S/C21H29F2NO3S2/c1-11(2)14-7-13(22)8-15(12(3)4)16(14)9-19(25)24-29(27)20-17(23)10-18(28-20)21(5,6)26/h7-8,10-12,17,20,26,29H,9H2,1-6H3. The van der Waals surface area contributed by atoms with Crippen LogP contribution in [0.5, 0.6) is 0 Å². The van der Waals surface area contributed by atoms with Crippen LogP contribution in [0.1, 0.15) is 70.1 Å². The van der Waals surface area contributed by atoms with E-state index < -0.39 is 32.9 Å². The van der Waals surface area contributed by atoms with E-state index in [1.165, 1.54) is 32.1 Å². The lowest BCUT2D eigenvalue weighted by Gasteiger charge is -2.19. The fraction of sp³-hybridized carbons (Fsp3) is 0.571. The first-order valence-corrected chi connectivity index (χ1v) is 11.8. The molecule has 1 aliphatic heterocycles. The second kappa shape index (κ2) is 9.27. The molecule has 162 valence electrons. The molecule has 1 aromatic carbocycles. The predicted octanol–water partition coefficient (Wildman–Crippen LogP) is 4.87. The highest BCUT2D eigenvalue weighted by Crippen LogP contribution is 2.41. The Kier molecular flexibility index (Phi) is 7.68. The summed E-state index contributed by atoms with van der Waals surface area (Å²) in [6.07, 6.45) is -0.427. The number of allylic oxidation sites excluding steroid dienone is 1. The molecule has 0 bridgehead atoms. The summed E-state index contributed by atoms with van der Waals surface area (Å²) in [5.74, 6) is -0.978. The fourth-order valence-corrected chi connectivity index (χ4v) is 5.79. The van der Waals surface area contributed by atoms with Gasteiger partial charge < -0.3 is 5.11 Å². The predicted molar refractivity (Wildman–Crippen MR) is 116 cm³/mol. The molecule has 1 aromatic rings. The molecule has 0 spiro atoms. The van der Waals surface area contributed by atoms with E-state index in [0.717, 1.165) is 22.9 Å². The van der Waals surface area contributed by atoms with E-state index in [-0.39, 0.29) is 24.1 Å². The van der Waals surface area contributed by atoms with Crippen LogP contribution in [0.15, 0.2) is 27.5 Å². The number of benzene rings is 1. The van der Waals surface area contributed by atoms with Gasteiger partial charge in [-0.05, 0) is 60.6 Å². The Balaban J connectivity index is 2.29. The van der Waals surface area contributed by atoms with Crippen LogP contribution in [0.3, 0.4) is 0 Å². The number of alkyl halides is 1. The van der Waals surface area contributed by atoms with Gasteiger partial charge in [0.25, 0.3) is 5.91 Å². The quantitative estimate of drug-likeness (QED) is 0.613. The Morgan fingerprint density at radius 2 is 1.76 bits per heavy atom. The number of aliphatic hydroxyl groups is 1. The smallest absolute Gasteiger partial charge is 0.258 e.